The Morgan fingerprint density at radius 3 is 2.58 bits per heavy atom. The fraction of sp³-hybridized carbons (Fsp3) is 0.227. The number of hydrogen-bond donors (Lipinski definition) is 1. The molecule has 160 valence electrons. The van der Waals surface area contributed by atoms with Gasteiger partial charge in [0, 0.05) is 10.6 Å². The Morgan fingerprint density at radius 1 is 1.03 bits per heavy atom. The molecule has 0 bridgehead atoms. The van der Waals surface area contributed by atoms with Gasteiger partial charge in [0.05, 0.1) is 33.1 Å². The van der Waals surface area contributed by atoms with Crippen molar-refractivity contribution >= 4 is 28.9 Å². The van der Waals surface area contributed by atoms with Crippen LogP contribution in [0.25, 0.3) is 0 Å². The van der Waals surface area contributed by atoms with E-state index in [1.54, 1.807) is 24.7 Å². The van der Waals surface area contributed by atoms with E-state index >= 15 is 0 Å². The maximum absolute atomic E-state index is 5.61. The van der Waals surface area contributed by atoms with Gasteiger partial charge in [0.15, 0.2) is 0 Å². The second-order valence-corrected chi connectivity index (χ2v) is 7.58. The molecule has 0 unspecified atom stereocenters. The van der Waals surface area contributed by atoms with E-state index in [-0.39, 0.29) is 6.01 Å². The van der Waals surface area contributed by atoms with Gasteiger partial charge in [-0.1, -0.05) is 6.07 Å². The van der Waals surface area contributed by atoms with Gasteiger partial charge >= 0.3 is 6.01 Å². The van der Waals surface area contributed by atoms with Gasteiger partial charge in [-0.2, -0.15) is 15.0 Å². The van der Waals surface area contributed by atoms with E-state index < -0.39 is 0 Å². The molecule has 0 atom stereocenters. The first-order valence-electron chi connectivity index (χ1n) is 9.83. The van der Waals surface area contributed by atoms with Gasteiger partial charge < -0.3 is 24.1 Å². The highest BCUT2D eigenvalue weighted by Gasteiger charge is 2.17. The molecule has 3 aromatic heterocycles. The SMILES string of the molecule is CCOc1nc(Nc2ccc(OC)cc2)nc(N(Cc2ccco2)Cc2cccs2)n1. The first kappa shape index (κ1) is 20.7. The van der Waals surface area contributed by atoms with Crippen LogP contribution >= 0.6 is 11.3 Å². The minimum Gasteiger partial charge on any atom is -0.497 e. The third kappa shape index (κ3) is 5.52. The van der Waals surface area contributed by atoms with E-state index in [1.807, 2.05) is 54.3 Å². The molecule has 8 nitrogen and oxygen atoms in total. The predicted octanol–water partition coefficient (Wildman–Crippen LogP) is 4.88. The molecule has 1 aromatic carbocycles. The zero-order valence-corrected chi connectivity index (χ0v) is 18.1. The zero-order valence-electron chi connectivity index (χ0n) is 17.3. The molecule has 0 radical (unpaired) electrons. The number of ether oxygens (including phenoxy) is 2. The Hall–Kier alpha value is -3.59. The number of anilines is 3. The minimum absolute atomic E-state index is 0.263. The molecule has 0 aliphatic carbocycles. The van der Waals surface area contributed by atoms with Crippen molar-refractivity contribution in [2.45, 2.75) is 20.0 Å². The molecule has 31 heavy (non-hydrogen) atoms. The van der Waals surface area contributed by atoms with E-state index in [4.69, 9.17) is 13.9 Å². The summed E-state index contributed by atoms with van der Waals surface area (Å²) in [4.78, 5) is 16.8. The Morgan fingerprint density at radius 2 is 1.90 bits per heavy atom. The van der Waals surface area contributed by atoms with E-state index in [9.17, 15) is 0 Å². The van der Waals surface area contributed by atoms with E-state index in [0.717, 1.165) is 17.2 Å². The topological polar surface area (TPSA) is 85.5 Å². The Balaban J connectivity index is 1.65. The molecule has 1 N–H and O–H groups in total. The highest BCUT2D eigenvalue weighted by Crippen LogP contribution is 2.24. The van der Waals surface area contributed by atoms with E-state index in [2.05, 4.69) is 31.7 Å². The third-order valence-electron chi connectivity index (χ3n) is 4.36. The number of thiophene rings is 1. The molecular weight excluding hydrogens is 414 g/mol. The summed E-state index contributed by atoms with van der Waals surface area (Å²) in [6.45, 7) is 3.50. The predicted molar refractivity (Wildman–Crippen MR) is 120 cm³/mol. The summed E-state index contributed by atoms with van der Waals surface area (Å²) in [6, 6.07) is 15.7. The van der Waals surface area contributed by atoms with Gasteiger partial charge in [-0.3, -0.25) is 0 Å². The molecule has 0 saturated heterocycles. The minimum atomic E-state index is 0.263. The zero-order chi connectivity index (χ0) is 21.5. The second-order valence-electron chi connectivity index (χ2n) is 6.54. The summed E-state index contributed by atoms with van der Waals surface area (Å²) in [5.74, 6) is 2.49. The number of benzene rings is 1. The molecular formula is C22H23N5O3S. The molecule has 9 heteroatoms. The van der Waals surface area contributed by atoms with Crippen LogP contribution in [-0.2, 0) is 13.1 Å². The van der Waals surface area contributed by atoms with Gasteiger partial charge in [0.1, 0.15) is 11.5 Å². The number of methoxy groups -OCH3 is 1. The highest BCUT2D eigenvalue weighted by molar-refractivity contribution is 7.09. The van der Waals surface area contributed by atoms with Crippen LogP contribution in [0.2, 0.25) is 0 Å². The average molecular weight is 438 g/mol. The Labute approximate surface area is 184 Å². The summed E-state index contributed by atoms with van der Waals surface area (Å²) in [6.07, 6.45) is 1.66. The van der Waals surface area contributed by atoms with Crippen LogP contribution in [-0.4, -0.2) is 28.7 Å². The number of aromatic nitrogens is 3. The van der Waals surface area contributed by atoms with Crippen molar-refractivity contribution < 1.29 is 13.9 Å². The lowest BCUT2D eigenvalue weighted by Gasteiger charge is -2.22. The van der Waals surface area contributed by atoms with Crippen molar-refractivity contribution in [3.05, 3.63) is 70.8 Å². The lowest BCUT2D eigenvalue weighted by Crippen LogP contribution is -2.24. The van der Waals surface area contributed by atoms with Crippen molar-refractivity contribution in [2.24, 2.45) is 0 Å². The molecule has 0 aliphatic heterocycles. The summed E-state index contributed by atoms with van der Waals surface area (Å²) in [7, 11) is 1.64. The van der Waals surface area contributed by atoms with Crippen molar-refractivity contribution in [1.29, 1.82) is 0 Å². The number of nitrogens with zero attached hydrogens (tertiary/aromatic N) is 4. The number of nitrogens with one attached hydrogen (secondary N) is 1. The molecule has 4 rings (SSSR count). The molecule has 3 heterocycles. The van der Waals surface area contributed by atoms with Crippen molar-refractivity contribution in [1.82, 2.24) is 15.0 Å². The normalized spacial score (nSPS) is 10.6. The average Bonchev–Trinajstić information content (AvgIpc) is 3.48. The van der Waals surface area contributed by atoms with Gasteiger partial charge in [0.25, 0.3) is 0 Å². The molecule has 0 spiro atoms. The second kappa shape index (κ2) is 9.94. The molecule has 0 saturated carbocycles. The Bertz CT molecular complexity index is 1030. The first-order chi connectivity index (χ1) is 15.2. The van der Waals surface area contributed by atoms with Gasteiger partial charge in [-0.25, -0.2) is 0 Å². The van der Waals surface area contributed by atoms with Gasteiger partial charge in [-0.05, 0) is 54.8 Å². The van der Waals surface area contributed by atoms with Crippen LogP contribution in [0.4, 0.5) is 17.6 Å². The first-order valence-corrected chi connectivity index (χ1v) is 10.7. The van der Waals surface area contributed by atoms with Crippen LogP contribution in [0.5, 0.6) is 11.8 Å². The Kier molecular flexibility index (Phi) is 6.63. The van der Waals surface area contributed by atoms with Crippen LogP contribution < -0.4 is 19.7 Å². The summed E-state index contributed by atoms with van der Waals surface area (Å²) < 4.78 is 16.4. The molecule has 0 amide bonds. The summed E-state index contributed by atoms with van der Waals surface area (Å²) >= 11 is 1.68. The fourth-order valence-electron chi connectivity index (χ4n) is 2.92. The van der Waals surface area contributed by atoms with Crippen LogP contribution in [0.3, 0.4) is 0 Å². The van der Waals surface area contributed by atoms with Gasteiger partial charge in [-0.15, -0.1) is 11.3 Å². The largest absolute Gasteiger partial charge is 0.497 e. The number of hydrogen-bond acceptors (Lipinski definition) is 9. The van der Waals surface area contributed by atoms with E-state index in [0.29, 0.717) is 31.6 Å². The van der Waals surface area contributed by atoms with Gasteiger partial charge in [0.2, 0.25) is 11.9 Å². The lowest BCUT2D eigenvalue weighted by molar-refractivity contribution is 0.312. The summed E-state index contributed by atoms with van der Waals surface area (Å²) in [5, 5.41) is 5.27. The molecule has 0 fully saturated rings. The fourth-order valence-corrected chi connectivity index (χ4v) is 3.64. The third-order valence-corrected chi connectivity index (χ3v) is 5.22. The maximum Gasteiger partial charge on any atom is 0.323 e. The maximum atomic E-state index is 5.61. The number of furan rings is 1. The molecule has 0 aliphatic rings. The standard InChI is InChI=1S/C22H23N5O3S/c1-3-29-22-25-20(23-16-8-10-17(28-2)11-9-16)24-21(26-22)27(14-18-6-4-12-30-18)15-19-7-5-13-31-19/h4-13H,3,14-15H2,1-2H3,(H,23,24,25,26). The van der Waals surface area contributed by atoms with Crippen LogP contribution in [0, 0.1) is 0 Å². The highest BCUT2D eigenvalue weighted by atomic mass is 32.1. The van der Waals surface area contributed by atoms with Crippen LogP contribution in [0.15, 0.2) is 64.6 Å². The number of rotatable bonds is 10. The van der Waals surface area contributed by atoms with E-state index in [1.165, 1.54) is 4.88 Å². The lowest BCUT2D eigenvalue weighted by atomic mass is 10.3. The smallest absolute Gasteiger partial charge is 0.323 e. The van der Waals surface area contributed by atoms with Crippen molar-refractivity contribution in [3.63, 3.8) is 0 Å². The van der Waals surface area contributed by atoms with Crippen LogP contribution in [0.1, 0.15) is 17.6 Å². The van der Waals surface area contributed by atoms with Crippen molar-refractivity contribution in [2.75, 3.05) is 23.9 Å². The summed E-state index contributed by atoms with van der Waals surface area (Å²) in [5.41, 5.74) is 0.830. The monoisotopic (exact) mass is 437 g/mol. The van der Waals surface area contributed by atoms with Crippen molar-refractivity contribution in [3.8, 4) is 11.8 Å². The molecule has 4 aromatic rings. The quantitative estimate of drug-likeness (QED) is 0.376.